The van der Waals surface area contributed by atoms with Gasteiger partial charge < -0.3 is 5.11 Å². The maximum absolute atomic E-state index is 10.6. The van der Waals surface area contributed by atoms with Gasteiger partial charge in [-0.2, -0.15) is 0 Å². The minimum Gasteiger partial charge on any atom is -0.481 e. The van der Waals surface area contributed by atoms with E-state index in [2.05, 4.69) is 37.0 Å². The Bertz CT molecular complexity index is 623. The van der Waals surface area contributed by atoms with Crippen molar-refractivity contribution in [2.75, 3.05) is 5.75 Å². The van der Waals surface area contributed by atoms with Crippen molar-refractivity contribution in [3.63, 3.8) is 0 Å². The number of hydrogen-bond acceptors (Lipinski definition) is 3. The van der Waals surface area contributed by atoms with Crippen molar-refractivity contribution in [2.24, 2.45) is 0 Å². The second-order valence-electron chi connectivity index (χ2n) is 4.42. The molecule has 0 aliphatic carbocycles. The van der Waals surface area contributed by atoms with Crippen molar-refractivity contribution in [1.82, 2.24) is 4.98 Å². The molecule has 0 amide bonds. The highest BCUT2D eigenvalue weighted by molar-refractivity contribution is 7.99. The van der Waals surface area contributed by atoms with E-state index < -0.39 is 5.97 Å². The summed E-state index contributed by atoms with van der Waals surface area (Å²) >= 11 is 1.27. The largest absolute Gasteiger partial charge is 0.481 e. The fourth-order valence-electron chi connectivity index (χ4n) is 1.80. The Kier molecular flexibility index (Phi) is 3.57. The van der Waals surface area contributed by atoms with Gasteiger partial charge in [-0.15, -0.1) is 0 Å². The molecule has 0 saturated carbocycles. The van der Waals surface area contributed by atoms with Crippen LogP contribution < -0.4 is 0 Å². The zero-order chi connectivity index (χ0) is 13.3. The quantitative estimate of drug-likeness (QED) is 0.861. The van der Waals surface area contributed by atoms with E-state index >= 15 is 0 Å². The van der Waals surface area contributed by atoms with Gasteiger partial charge in [-0.1, -0.05) is 11.8 Å². The molecule has 0 unspecified atom stereocenters. The number of carboxylic acid groups (broad SMARTS) is 1. The smallest absolute Gasteiger partial charge is 0.313 e. The lowest BCUT2D eigenvalue weighted by Crippen LogP contribution is -1.99. The van der Waals surface area contributed by atoms with Gasteiger partial charge in [0.15, 0.2) is 0 Å². The summed E-state index contributed by atoms with van der Waals surface area (Å²) in [4.78, 5) is 15.1. The molecule has 3 nitrogen and oxygen atoms in total. The van der Waals surface area contributed by atoms with E-state index in [-0.39, 0.29) is 5.75 Å². The van der Waals surface area contributed by atoms with E-state index in [1.165, 1.54) is 22.9 Å². The highest BCUT2D eigenvalue weighted by atomic mass is 32.2. The highest BCUT2D eigenvalue weighted by Crippen LogP contribution is 2.26. The van der Waals surface area contributed by atoms with Gasteiger partial charge in [0.25, 0.3) is 0 Å². The molecule has 0 fully saturated rings. The molecule has 2 rings (SSSR count). The number of carbonyl (C=O) groups is 1. The number of benzene rings is 1. The zero-order valence-corrected chi connectivity index (χ0v) is 11.5. The molecule has 1 aromatic heterocycles. The lowest BCUT2D eigenvalue weighted by atomic mass is 10.1. The summed E-state index contributed by atoms with van der Waals surface area (Å²) in [6.45, 7) is 6.10. The predicted octanol–water partition coefficient (Wildman–Crippen LogP) is 3.34. The van der Waals surface area contributed by atoms with Crippen LogP contribution in [0.4, 0.5) is 0 Å². The SMILES string of the molecule is Cc1cc2cc(C)c(SCC(=O)O)nc2cc1C. The molecular weight excluding hydrogens is 246 g/mol. The third-order valence-electron chi connectivity index (χ3n) is 2.91. The van der Waals surface area contributed by atoms with Gasteiger partial charge in [0.05, 0.1) is 11.3 Å². The van der Waals surface area contributed by atoms with Crippen molar-refractivity contribution in [3.05, 3.63) is 34.9 Å². The predicted molar refractivity (Wildman–Crippen MR) is 74.3 cm³/mol. The Hall–Kier alpha value is -1.55. The minimum absolute atomic E-state index is 0.0458. The molecule has 4 heteroatoms. The summed E-state index contributed by atoms with van der Waals surface area (Å²) in [6, 6.07) is 6.24. The van der Waals surface area contributed by atoms with Gasteiger partial charge in [-0.05, 0) is 55.7 Å². The molecular formula is C14H15NO2S. The van der Waals surface area contributed by atoms with E-state index in [0.29, 0.717) is 0 Å². The molecule has 0 spiro atoms. The third-order valence-corrected chi connectivity index (χ3v) is 3.98. The van der Waals surface area contributed by atoms with Crippen molar-refractivity contribution in [2.45, 2.75) is 25.8 Å². The van der Waals surface area contributed by atoms with Gasteiger partial charge in [-0.3, -0.25) is 4.79 Å². The van der Waals surface area contributed by atoms with Gasteiger partial charge in [0, 0.05) is 5.39 Å². The molecule has 18 heavy (non-hydrogen) atoms. The van der Waals surface area contributed by atoms with Gasteiger partial charge in [0.2, 0.25) is 0 Å². The first-order valence-corrected chi connectivity index (χ1v) is 6.69. The van der Waals surface area contributed by atoms with Crippen LogP contribution in [0.5, 0.6) is 0 Å². The number of aliphatic carboxylic acids is 1. The van der Waals surface area contributed by atoms with Crippen LogP contribution >= 0.6 is 11.8 Å². The van der Waals surface area contributed by atoms with Crippen molar-refractivity contribution in [1.29, 1.82) is 0 Å². The number of aromatic nitrogens is 1. The lowest BCUT2D eigenvalue weighted by Gasteiger charge is -2.08. The summed E-state index contributed by atoms with van der Waals surface area (Å²) in [6.07, 6.45) is 0. The molecule has 1 N–H and O–H groups in total. The fraction of sp³-hybridized carbons (Fsp3) is 0.286. The molecule has 0 aliphatic rings. The number of thioether (sulfide) groups is 1. The first kappa shape index (κ1) is 12.9. The van der Waals surface area contributed by atoms with E-state index in [4.69, 9.17) is 5.11 Å². The summed E-state index contributed by atoms with van der Waals surface area (Å²) in [7, 11) is 0. The van der Waals surface area contributed by atoms with Crippen LogP contribution in [0.15, 0.2) is 23.2 Å². The topological polar surface area (TPSA) is 50.2 Å². The van der Waals surface area contributed by atoms with Crippen molar-refractivity contribution in [3.8, 4) is 0 Å². The third kappa shape index (κ3) is 2.64. The first-order chi connectivity index (χ1) is 8.47. The van der Waals surface area contributed by atoms with Gasteiger partial charge in [0.1, 0.15) is 5.03 Å². The van der Waals surface area contributed by atoms with Crippen molar-refractivity contribution < 1.29 is 9.90 Å². The number of nitrogens with zero attached hydrogens (tertiary/aromatic N) is 1. The van der Waals surface area contributed by atoms with Crippen LogP contribution in [-0.4, -0.2) is 21.8 Å². The molecule has 1 heterocycles. The Morgan fingerprint density at radius 1 is 1.17 bits per heavy atom. The van der Waals surface area contributed by atoms with Gasteiger partial charge in [-0.25, -0.2) is 4.98 Å². The average Bonchev–Trinajstić information content (AvgIpc) is 2.29. The van der Waals surface area contributed by atoms with E-state index in [9.17, 15) is 4.79 Å². The second-order valence-corrected chi connectivity index (χ2v) is 5.39. The highest BCUT2D eigenvalue weighted by Gasteiger charge is 2.07. The Morgan fingerprint density at radius 3 is 2.44 bits per heavy atom. The summed E-state index contributed by atoms with van der Waals surface area (Å²) < 4.78 is 0. The maximum atomic E-state index is 10.6. The Balaban J connectivity index is 2.47. The summed E-state index contributed by atoms with van der Waals surface area (Å²) in [5, 5.41) is 10.6. The number of hydrogen-bond donors (Lipinski definition) is 1. The van der Waals surface area contributed by atoms with Crippen LogP contribution in [0.1, 0.15) is 16.7 Å². The van der Waals surface area contributed by atoms with E-state index in [0.717, 1.165) is 21.5 Å². The number of fused-ring (bicyclic) bond motifs is 1. The van der Waals surface area contributed by atoms with Crippen LogP contribution in [0, 0.1) is 20.8 Å². The van der Waals surface area contributed by atoms with Crippen LogP contribution in [-0.2, 0) is 4.79 Å². The van der Waals surface area contributed by atoms with E-state index in [1.807, 2.05) is 6.92 Å². The van der Waals surface area contributed by atoms with Crippen molar-refractivity contribution >= 4 is 28.6 Å². The lowest BCUT2D eigenvalue weighted by molar-refractivity contribution is -0.133. The molecule has 1 aromatic carbocycles. The van der Waals surface area contributed by atoms with Crippen LogP contribution in [0.25, 0.3) is 10.9 Å². The summed E-state index contributed by atoms with van der Waals surface area (Å²) in [5.74, 6) is -0.772. The van der Waals surface area contributed by atoms with E-state index in [1.54, 1.807) is 0 Å². The normalized spacial score (nSPS) is 10.8. The van der Waals surface area contributed by atoms with Gasteiger partial charge >= 0.3 is 5.97 Å². The number of rotatable bonds is 3. The second kappa shape index (κ2) is 4.98. The molecule has 0 radical (unpaired) electrons. The molecule has 94 valence electrons. The Labute approximate surface area is 110 Å². The molecule has 2 aromatic rings. The van der Waals surface area contributed by atoms with Crippen LogP contribution in [0.2, 0.25) is 0 Å². The number of carboxylic acids is 1. The Morgan fingerprint density at radius 2 is 1.78 bits per heavy atom. The number of pyridine rings is 1. The molecule has 0 bridgehead atoms. The van der Waals surface area contributed by atoms with Crippen LogP contribution in [0.3, 0.4) is 0 Å². The molecule has 0 saturated heterocycles. The average molecular weight is 261 g/mol. The zero-order valence-electron chi connectivity index (χ0n) is 10.7. The number of aryl methyl sites for hydroxylation is 3. The minimum atomic E-state index is -0.818. The fourth-order valence-corrected chi connectivity index (χ4v) is 2.51. The first-order valence-electron chi connectivity index (χ1n) is 5.70. The summed E-state index contributed by atoms with van der Waals surface area (Å²) in [5.41, 5.74) is 4.40. The monoisotopic (exact) mass is 261 g/mol. The maximum Gasteiger partial charge on any atom is 0.313 e. The molecule has 0 aliphatic heterocycles. The molecule has 0 atom stereocenters. The standard InChI is InChI=1S/C14H15NO2S/c1-8-4-11-5-10(3)14(18-7-13(16)17)15-12(11)6-9(8)2/h4-6H,7H2,1-3H3,(H,16,17).